The molecule has 0 saturated carbocycles. The van der Waals surface area contributed by atoms with Gasteiger partial charge in [-0.25, -0.2) is 9.00 Å². The molecule has 27 heavy (non-hydrogen) atoms. The monoisotopic (exact) mass is 421 g/mol. The maximum absolute atomic E-state index is 12.4. The lowest BCUT2D eigenvalue weighted by Gasteiger charge is -2.05. The molecule has 2 aromatic carbocycles. The molecule has 2 N–H and O–H groups in total. The average molecular weight is 422 g/mol. The van der Waals surface area contributed by atoms with Gasteiger partial charge in [0.1, 0.15) is 4.88 Å². The van der Waals surface area contributed by atoms with Crippen LogP contribution in [0.2, 0.25) is 5.02 Å². The molecule has 1 heterocycles. The van der Waals surface area contributed by atoms with Crippen LogP contribution in [0, 0.1) is 0 Å². The molecule has 3 aromatic rings. The molecule has 0 spiro atoms. The minimum Gasteiger partial charge on any atom is -0.462 e. The van der Waals surface area contributed by atoms with E-state index >= 15 is 0 Å². The van der Waals surface area contributed by atoms with Gasteiger partial charge in [0, 0.05) is 21.2 Å². The summed E-state index contributed by atoms with van der Waals surface area (Å²) in [4.78, 5) is 13.9. The molecule has 3 rings (SSSR count). The van der Waals surface area contributed by atoms with E-state index in [4.69, 9.17) is 20.9 Å². The molecule has 1 aromatic heterocycles. The Kier molecular flexibility index (Phi) is 6.28. The summed E-state index contributed by atoms with van der Waals surface area (Å²) >= 11 is 5.17. The number of nitrogens with one attached hydrogen (secondary N) is 1. The molecule has 0 radical (unpaired) electrons. The quantitative estimate of drug-likeness (QED) is 0.409. The van der Waals surface area contributed by atoms with Gasteiger partial charge in [0.25, 0.3) is 11.3 Å². The molecule has 8 heteroatoms. The van der Waals surface area contributed by atoms with Crippen LogP contribution >= 0.6 is 22.9 Å². The minimum atomic E-state index is -2.14. The number of thiophene rings is 1. The molecule has 0 bridgehead atoms. The third-order valence-electron chi connectivity index (χ3n) is 3.72. The second kappa shape index (κ2) is 8.67. The van der Waals surface area contributed by atoms with Gasteiger partial charge in [-0.1, -0.05) is 35.9 Å². The van der Waals surface area contributed by atoms with Gasteiger partial charge in [-0.05, 0) is 48.4 Å². The molecule has 0 saturated heterocycles. The first kappa shape index (κ1) is 19.6. The topological polar surface area (TPSA) is 75.6 Å². The highest BCUT2D eigenvalue weighted by Gasteiger charge is 2.19. The first-order valence-electron chi connectivity index (χ1n) is 8.02. The van der Waals surface area contributed by atoms with Crippen molar-refractivity contribution < 1.29 is 18.3 Å². The third kappa shape index (κ3) is 4.75. The fourth-order valence-corrected chi connectivity index (χ4v) is 4.07. The summed E-state index contributed by atoms with van der Waals surface area (Å²) in [5.74, 6) is -0.378. The van der Waals surface area contributed by atoms with Crippen LogP contribution in [0.4, 0.5) is 5.69 Å². The number of carbonyl (C=O) groups excluding carboxylic acids is 1. The Labute approximate surface area is 168 Å². The zero-order valence-corrected chi connectivity index (χ0v) is 16.7. The van der Waals surface area contributed by atoms with Gasteiger partial charge in [-0.2, -0.15) is 0 Å². The van der Waals surface area contributed by atoms with Crippen molar-refractivity contribution in [3.8, 4) is 21.6 Å². The van der Waals surface area contributed by atoms with E-state index in [0.717, 1.165) is 21.6 Å². The lowest BCUT2D eigenvalue weighted by Crippen LogP contribution is -2.03. The Balaban J connectivity index is 2.03. The Morgan fingerprint density at radius 2 is 1.78 bits per heavy atom. The smallest absolute Gasteiger partial charge is 0.348 e. The first-order valence-corrected chi connectivity index (χ1v) is 10.3. The highest BCUT2D eigenvalue weighted by atomic mass is 35.5. The van der Waals surface area contributed by atoms with Crippen LogP contribution in [-0.2, 0) is 16.0 Å². The SMILES string of the molecule is CCOC(=O)c1sc(-c2ccc(Cl)cc2)cc1-c1ccc(NS(=O)O)cc1. The molecule has 0 aliphatic carbocycles. The van der Waals surface area contributed by atoms with Gasteiger partial charge >= 0.3 is 5.97 Å². The lowest BCUT2D eigenvalue weighted by atomic mass is 10.0. The van der Waals surface area contributed by atoms with Crippen molar-refractivity contribution >= 4 is 45.9 Å². The minimum absolute atomic E-state index is 0.289. The number of anilines is 1. The molecule has 0 aliphatic rings. The summed E-state index contributed by atoms with van der Waals surface area (Å²) in [5, 5.41) is 0.644. The van der Waals surface area contributed by atoms with Gasteiger partial charge in [0.15, 0.2) is 0 Å². The van der Waals surface area contributed by atoms with Crippen LogP contribution < -0.4 is 4.72 Å². The highest BCUT2D eigenvalue weighted by Crippen LogP contribution is 2.38. The van der Waals surface area contributed by atoms with Crippen LogP contribution in [0.1, 0.15) is 16.6 Å². The molecule has 0 aliphatic heterocycles. The molecule has 0 fully saturated rings. The molecule has 1 atom stereocenters. The van der Waals surface area contributed by atoms with Crippen LogP contribution in [0.3, 0.4) is 0 Å². The summed E-state index contributed by atoms with van der Waals surface area (Å²) in [6.45, 7) is 2.05. The van der Waals surface area contributed by atoms with Crippen molar-refractivity contribution in [2.24, 2.45) is 0 Å². The van der Waals surface area contributed by atoms with Crippen LogP contribution in [0.25, 0.3) is 21.6 Å². The summed E-state index contributed by atoms with van der Waals surface area (Å²) in [6, 6.07) is 16.3. The fourth-order valence-electron chi connectivity index (χ4n) is 2.53. The van der Waals surface area contributed by atoms with Gasteiger partial charge < -0.3 is 4.74 Å². The Hall–Kier alpha value is -2.19. The Bertz CT molecular complexity index is 968. The second-order valence-electron chi connectivity index (χ2n) is 5.51. The van der Waals surface area contributed by atoms with Crippen LogP contribution in [0.5, 0.6) is 0 Å². The van der Waals surface area contributed by atoms with E-state index in [1.807, 2.05) is 18.2 Å². The average Bonchev–Trinajstić information content (AvgIpc) is 3.08. The summed E-state index contributed by atoms with van der Waals surface area (Å²) < 4.78 is 27.4. The molecular weight excluding hydrogens is 406 g/mol. The number of esters is 1. The van der Waals surface area contributed by atoms with E-state index in [2.05, 4.69) is 4.72 Å². The van der Waals surface area contributed by atoms with Gasteiger partial charge in [-0.15, -0.1) is 11.3 Å². The van der Waals surface area contributed by atoms with Gasteiger partial charge in [0.05, 0.1) is 6.61 Å². The van der Waals surface area contributed by atoms with Crippen LogP contribution in [-0.4, -0.2) is 21.3 Å². The Morgan fingerprint density at radius 1 is 1.15 bits per heavy atom. The standard InChI is InChI=1S/C19H16ClNO4S2/c1-2-25-19(22)18-16(12-5-9-15(10-6-12)21-27(23)24)11-17(26-18)13-3-7-14(20)8-4-13/h3-11,21H,2H2,1H3,(H,23,24). The van der Waals surface area contributed by atoms with Crippen molar-refractivity contribution in [3.05, 3.63) is 64.5 Å². The summed E-state index contributed by atoms with van der Waals surface area (Å²) in [5.41, 5.74) is 3.02. The Morgan fingerprint density at radius 3 is 2.37 bits per heavy atom. The number of rotatable bonds is 6. The number of carbonyl (C=O) groups is 1. The van der Waals surface area contributed by atoms with E-state index in [0.29, 0.717) is 15.6 Å². The zero-order chi connectivity index (χ0) is 19.4. The van der Waals surface area contributed by atoms with E-state index in [9.17, 15) is 9.00 Å². The maximum Gasteiger partial charge on any atom is 0.348 e. The van der Waals surface area contributed by atoms with Crippen LogP contribution in [0.15, 0.2) is 54.6 Å². The van der Waals surface area contributed by atoms with Gasteiger partial charge in [-0.3, -0.25) is 9.27 Å². The fraction of sp³-hybridized carbons (Fsp3) is 0.105. The second-order valence-corrected chi connectivity index (χ2v) is 7.70. The maximum atomic E-state index is 12.4. The molecule has 140 valence electrons. The van der Waals surface area contributed by atoms with E-state index in [-0.39, 0.29) is 12.6 Å². The van der Waals surface area contributed by atoms with Gasteiger partial charge in [0.2, 0.25) is 0 Å². The number of ether oxygens (including phenoxy) is 1. The number of hydrogen-bond acceptors (Lipinski definition) is 4. The summed E-state index contributed by atoms with van der Waals surface area (Å²) in [6.07, 6.45) is 0. The lowest BCUT2D eigenvalue weighted by molar-refractivity contribution is 0.0533. The van der Waals surface area contributed by atoms with E-state index in [1.54, 1.807) is 43.3 Å². The number of halogens is 1. The molecule has 0 amide bonds. The van der Waals surface area contributed by atoms with Crippen molar-refractivity contribution in [3.63, 3.8) is 0 Å². The normalized spacial score (nSPS) is 11.8. The largest absolute Gasteiger partial charge is 0.462 e. The molecule has 1 unspecified atom stereocenters. The number of benzene rings is 2. The predicted molar refractivity (Wildman–Crippen MR) is 111 cm³/mol. The molecular formula is C19H16ClNO4S2. The van der Waals surface area contributed by atoms with Crippen molar-refractivity contribution in [2.45, 2.75) is 6.92 Å². The van der Waals surface area contributed by atoms with Crippen molar-refractivity contribution in [1.29, 1.82) is 0 Å². The van der Waals surface area contributed by atoms with E-state index in [1.165, 1.54) is 11.3 Å². The van der Waals surface area contributed by atoms with Crippen molar-refractivity contribution in [2.75, 3.05) is 11.3 Å². The predicted octanol–water partition coefficient (Wildman–Crippen LogP) is 5.46. The highest BCUT2D eigenvalue weighted by molar-refractivity contribution is 7.80. The zero-order valence-electron chi connectivity index (χ0n) is 14.3. The molecule has 5 nitrogen and oxygen atoms in total. The summed E-state index contributed by atoms with van der Waals surface area (Å²) in [7, 11) is 0. The third-order valence-corrected chi connectivity index (χ3v) is 5.55. The number of hydrogen-bond donors (Lipinski definition) is 2. The van der Waals surface area contributed by atoms with E-state index < -0.39 is 11.3 Å². The first-order chi connectivity index (χ1) is 13.0. The van der Waals surface area contributed by atoms with Crippen molar-refractivity contribution in [1.82, 2.24) is 0 Å².